The average molecular weight is 322 g/mol. The van der Waals surface area contributed by atoms with E-state index in [0.717, 1.165) is 11.9 Å². The molecule has 0 fully saturated rings. The second kappa shape index (κ2) is 7.12. The molecule has 0 saturated heterocycles. The van der Waals surface area contributed by atoms with Crippen LogP contribution in [0.5, 0.6) is 0 Å². The highest BCUT2D eigenvalue weighted by Gasteiger charge is 2.19. The van der Waals surface area contributed by atoms with E-state index in [2.05, 4.69) is 10.1 Å². The lowest BCUT2D eigenvalue weighted by atomic mass is 10.4. The van der Waals surface area contributed by atoms with Gasteiger partial charge in [-0.1, -0.05) is 11.6 Å². The molecule has 1 amide bonds. The molecular weight excluding hydrogens is 306 g/mol. The van der Waals surface area contributed by atoms with Gasteiger partial charge in [-0.05, 0) is 12.1 Å². The highest BCUT2D eigenvalue weighted by Crippen LogP contribution is 2.24. The molecule has 0 aliphatic rings. The highest BCUT2D eigenvalue weighted by molar-refractivity contribution is 6.32. The summed E-state index contributed by atoms with van der Waals surface area (Å²) in [5.41, 5.74) is 1.21. The Morgan fingerprint density at radius 2 is 2.36 bits per heavy atom. The minimum Gasteiger partial charge on any atom is -0.312 e. The van der Waals surface area contributed by atoms with E-state index < -0.39 is 0 Å². The van der Waals surface area contributed by atoms with Gasteiger partial charge in [-0.25, -0.2) is 9.69 Å². The summed E-state index contributed by atoms with van der Waals surface area (Å²) in [6.07, 6.45) is 6.07. The van der Waals surface area contributed by atoms with E-state index >= 15 is 0 Å². The number of amides is 1. The zero-order valence-electron chi connectivity index (χ0n) is 12.0. The Morgan fingerprint density at radius 3 is 3.00 bits per heavy atom. The molecule has 0 aromatic carbocycles. The number of nitrogens with one attached hydrogen (secondary N) is 1. The molecule has 0 aliphatic heterocycles. The number of nitrogens with two attached hydrogens (primary N) is 1. The summed E-state index contributed by atoms with van der Waals surface area (Å²) in [7, 11) is 1.59. The van der Waals surface area contributed by atoms with Crippen LogP contribution in [0.1, 0.15) is 0 Å². The Balaban J connectivity index is 2.17. The number of carbonyl (C=O) groups is 1. The standard InChI is InChI=1S/C13H16ClN7O/c1-19(12(22)9-20(16)6-4-15)11-8-21(18-13(11)14)10-3-2-5-17-7-10/h2-5,7-8,15H,6,9,16H2,1H3. The predicted octanol–water partition coefficient (Wildman–Crippen LogP) is 0.709. The van der Waals surface area contributed by atoms with Crippen LogP contribution in [0, 0.1) is 5.41 Å². The van der Waals surface area contributed by atoms with Crippen molar-refractivity contribution in [1.29, 1.82) is 5.41 Å². The number of likely N-dealkylation sites (N-methyl/N-ethyl adjacent to an activating group) is 1. The average Bonchev–Trinajstić information content (AvgIpc) is 2.89. The number of rotatable bonds is 6. The summed E-state index contributed by atoms with van der Waals surface area (Å²) in [6.45, 7) is 0.169. The van der Waals surface area contributed by atoms with Crippen molar-refractivity contribution < 1.29 is 4.79 Å². The molecule has 0 spiro atoms. The Morgan fingerprint density at radius 1 is 1.59 bits per heavy atom. The number of nitrogens with zero attached hydrogens (tertiary/aromatic N) is 5. The van der Waals surface area contributed by atoms with Crippen LogP contribution in [0.15, 0.2) is 30.7 Å². The van der Waals surface area contributed by atoms with Crippen molar-refractivity contribution in [2.45, 2.75) is 0 Å². The summed E-state index contributed by atoms with van der Waals surface area (Å²) in [5, 5.41) is 12.6. The van der Waals surface area contributed by atoms with E-state index in [4.69, 9.17) is 22.9 Å². The van der Waals surface area contributed by atoms with Crippen LogP contribution in [-0.2, 0) is 4.79 Å². The molecule has 8 nitrogen and oxygen atoms in total. The van der Waals surface area contributed by atoms with E-state index in [-0.39, 0.29) is 24.1 Å². The molecule has 2 rings (SSSR count). The van der Waals surface area contributed by atoms with Crippen LogP contribution < -0.4 is 10.7 Å². The van der Waals surface area contributed by atoms with E-state index in [1.165, 1.54) is 9.91 Å². The van der Waals surface area contributed by atoms with Gasteiger partial charge in [0.15, 0.2) is 5.15 Å². The molecule has 3 N–H and O–H groups in total. The second-order valence-corrected chi connectivity index (χ2v) is 4.91. The zero-order chi connectivity index (χ0) is 16.1. The highest BCUT2D eigenvalue weighted by atomic mass is 35.5. The van der Waals surface area contributed by atoms with Gasteiger partial charge in [-0.15, -0.1) is 0 Å². The summed E-state index contributed by atoms with van der Waals surface area (Å²) in [4.78, 5) is 17.5. The lowest BCUT2D eigenvalue weighted by Crippen LogP contribution is -2.42. The maximum Gasteiger partial charge on any atom is 0.242 e. The molecule has 22 heavy (non-hydrogen) atoms. The molecule has 2 aromatic rings. The molecular formula is C13H16ClN7O. The smallest absolute Gasteiger partial charge is 0.242 e. The van der Waals surface area contributed by atoms with Crippen LogP contribution in [0.2, 0.25) is 5.15 Å². The van der Waals surface area contributed by atoms with Gasteiger partial charge in [-0.3, -0.25) is 15.6 Å². The normalized spacial score (nSPS) is 10.7. The summed E-state index contributed by atoms with van der Waals surface area (Å²) < 4.78 is 1.55. The van der Waals surface area contributed by atoms with Gasteiger partial charge >= 0.3 is 0 Å². The molecule has 0 atom stereocenters. The van der Waals surface area contributed by atoms with Crippen LogP contribution >= 0.6 is 11.6 Å². The van der Waals surface area contributed by atoms with Gasteiger partial charge in [-0.2, -0.15) is 5.10 Å². The summed E-state index contributed by atoms with van der Waals surface area (Å²) in [5.74, 6) is 5.36. The third-order valence-corrected chi connectivity index (χ3v) is 3.23. The number of hydrogen-bond acceptors (Lipinski definition) is 6. The molecule has 0 saturated carbocycles. The molecule has 9 heteroatoms. The van der Waals surface area contributed by atoms with Gasteiger partial charge in [0.1, 0.15) is 5.69 Å². The van der Waals surface area contributed by atoms with E-state index in [0.29, 0.717) is 5.69 Å². The van der Waals surface area contributed by atoms with Crippen molar-refractivity contribution in [3.8, 4) is 5.69 Å². The van der Waals surface area contributed by atoms with E-state index in [1.54, 1.807) is 36.4 Å². The molecule has 0 unspecified atom stereocenters. The Bertz CT molecular complexity index is 658. The van der Waals surface area contributed by atoms with Crippen LogP contribution in [0.25, 0.3) is 5.69 Å². The van der Waals surface area contributed by atoms with Gasteiger partial charge in [0.2, 0.25) is 5.91 Å². The fraction of sp³-hybridized carbons (Fsp3) is 0.231. The van der Waals surface area contributed by atoms with Crippen molar-refractivity contribution in [2.24, 2.45) is 5.84 Å². The Hall–Kier alpha value is -2.29. The number of halogens is 1. The van der Waals surface area contributed by atoms with E-state index in [1.807, 2.05) is 6.07 Å². The van der Waals surface area contributed by atoms with Gasteiger partial charge in [0.05, 0.1) is 24.6 Å². The number of pyridine rings is 1. The fourth-order valence-electron chi connectivity index (χ4n) is 1.79. The molecule has 0 bridgehead atoms. The minimum absolute atomic E-state index is 0.0275. The van der Waals surface area contributed by atoms with Crippen molar-refractivity contribution in [3.63, 3.8) is 0 Å². The first kappa shape index (κ1) is 16.1. The molecule has 2 heterocycles. The second-order valence-electron chi connectivity index (χ2n) is 4.55. The number of anilines is 1. The third kappa shape index (κ3) is 3.67. The van der Waals surface area contributed by atoms with E-state index in [9.17, 15) is 4.79 Å². The topological polar surface area (TPSA) is 104 Å². The van der Waals surface area contributed by atoms with Crippen LogP contribution in [-0.4, -0.2) is 52.0 Å². The number of hydrogen-bond donors (Lipinski definition) is 2. The monoisotopic (exact) mass is 321 g/mol. The van der Waals surface area contributed by atoms with Crippen molar-refractivity contribution >= 4 is 29.4 Å². The third-order valence-electron chi connectivity index (χ3n) is 2.96. The van der Waals surface area contributed by atoms with Crippen molar-refractivity contribution in [1.82, 2.24) is 19.8 Å². The maximum atomic E-state index is 12.1. The largest absolute Gasteiger partial charge is 0.312 e. The molecule has 0 radical (unpaired) electrons. The lowest BCUT2D eigenvalue weighted by molar-refractivity contribution is -0.119. The van der Waals surface area contributed by atoms with Crippen LogP contribution in [0.3, 0.4) is 0 Å². The van der Waals surface area contributed by atoms with Gasteiger partial charge < -0.3 is 10.3 Å². The quantitative estimate of drug-likeness (QED) is 0.463. The van der Waals surface area contributed by atoms with Crippen molar-refractivity contribution in [3.05, 3.63) is 35.9 Å². The summed E-state index contributed by atoms with van der Waals surface area (Å²) >= 11 is 6.10. The SMILES string of the molecule is CN(C(=O)CN(N)CC=N)c1cn(-c2cccnc2)nc1Cl. The number of hydrazine groups is 1. The number of carbonyl (C=O) groups excluding carboxylic acids is 1. The van der Waals surface area contributed by atoms with Crippen LogP contribution in [0.4, 0.5) is 5.69 Å². The predicted molar refractivity (Wildman–Crippen MR) is 84.3 cm³/mol. The first-order valence-corrected chi connectivity index (χ1v) is 6.81. The molecule has 116 valence electrons. The fourth-order valence-corrected chi connectivity index (χ4v) is 2.04. The van der Waals surface area contributed by atoms with Crippen molar-refractivity contribution in [2.75, 3.05) is 25.0 Å². The van der Waals surface area contributed by atoms with Gasteiger partial charge in [0.25, 0.3) is 0 Å². The lowest BCUT2D eigenvalue weighted by Gasteiger charge is -2.19. The zero-order valence-corrected chi connectivity index (χ0v) is 12.7. The Kier molecular flexibility index (Phi) is 5.21. The Labute approximate surface area is 132 Å². The summed E-state index contributed by atoms with van der Waals surface area (Å²) in [6, 6.07) is 3.61. The maximum absolute atomic E-state index is 12.1. The van der Waals surface area contributed by atoms with Gasteiger partial charge in [0, 0.05) is 26.0 Å². The first-order valence-electron chi connectivity index (χ1n) is 6.43. The number of aromatic nitrogens is 3. The molecule has 0 aliphatic carbocycles. The minimum atomic E-state index is -0.253. The molecule has 2 aromatic heterocycles. The first-order chi connectivity index (χ1) is 10.5.